The Morgan fingerprint density at radius 2 is 1.56 bits per heavy atom. The Morgan fingerprint density at radius 3 is 2.24 bits per heavy atom. The summed E-state index contributed by atoms with van der Waals surface area (Å²) >= 11 is 5.97. The molecule has 0 radical (unpaired) electrons. The zero-order valence-electron chi connectivity index (χ0n) is 31.6. The number of carbonyl (C=O) groups excluding carboxylic acids is 2. The van der Waals surface area contributed by atoms with Gasteiger partial charge >= 0.3 is 0 Å². The molecule has 55 heavy (non-hydrogen) atoms. The Balaban J connectivity index is 0.00000756. The first kappa shape index (κ1) is 49.7. The molecule has 4 atom stereocenters. The van der Waals surface area contributed by atoms with Crippen LogP contribution in [0, 0.1) is 12.8 Å². The lowest BCUT2D eigenvalue weighted by atomic mass is 9.95. The van der Waals surface area contributed by atoms with Crippen molar-refractivity contribution < 1.29 is 30.0 Å². The van der Waals surface area contributed by atoms with E-state index in [1.807, 2.05) is 29.2 Å². The number of hydrogen-bond acceptors (Lipinski definition) is 12. The van der Waals surface area contributed by atoms with Gasteiger partial charge in [0, 0.05) is 31.7 Å². The van der Waals surface area contributed by atoms with Crippen LogP contribution in [0.25, 0.3) is 0 Å². The van der Waals surface area contributed by atoms with Crippen molar-refractivity contribution in [1.82, 2.24) is 30.8 Å². The maximum absolute atomic E-state index is 12.9. The summed E-state index contributed by atoms with van der Waals surface area (Å²) in [6, 6.07) is 15.6. The molecule has 0 bridgehead atoms. The Kier molecular flexibility index (Phi) is 24.0. The smallest absolute Gasteiger partial charge is 0.273 e. The number of nitrogen functional groups attached to an aromatic ring is 2. The van der Waals surface area contributed by atoms with E-state index in [-0.39, 0.29) is 65.7 Å². The van der Waals surface area contributed by atoms with Crippen LogP contribution in [0.2, 0.25) is 5.15 Å². The van der Waals surface area contributed by atoms with Crippen molar-refractivity contribution in [1.29, 1.82) is 0 Å². The fourth-order valence-electron chi connectivity index (χ4n) is 5.88. The molecule has 0 fully saturated rings. The van der Waals surface area contributed by atoms with Gasteiger partial charge in [-0.2, -0.15) is 0 Å². The van der Waals surface area contributed by atoms with Crippen LogP contribution in [0.4, 0.5) is 11.6 Å². The summed E-state index contributed by atoms with van der Waals surface area (Å²) in [7, 11) is 0. The van der Waals surface area contributed by atoms with E-state index in [2.05, 4.69) is 51.9 Å². The topological polar surface area (TPSA) is 232 Å². The summed E-state index contributed by atoms with van der Waals surface area (Å²) in [6.45, 7) is 6.77. The SMILES string of the molecule is CCCCCCN(CCNC(=O)c1ccc(CCNCC(CNC(=O)c2nc(Cl)c(N)nc2N)Cc2ccccc2C)cc1)CC(O)C(O)C(O)CO.Cl.Cl. The third-order valence-electron chi connectivity index (χ3n) is 9.14. The van der Waals surface area contributed by atoms with Gasteiger partial charge in [0.1, 0.15) is 12.2 Å². The summed E-state index contributed by atoms with van der Waals surface area (Å²) in [5, 5.41) is 48.6. The lowest BCUT2D eigenvalue weighted by Crippen LogP contribution is -2.47. The second kappa shape index (κ2) is 26.5. The van der Waals surface area contributed by atoms with E-state index in [0.717, 1.165) is 44.1 Å². The standard InChI is InChI=1S/C38H57ClN8O6.2ClH/c1-3-4-5-8-18-47(23-30(49)33(51)31(50)24-48)19-17-43-37(52)28-13-11-26(12-14-28)15-16-42-21-27(20-29-10-7-6-9-25(29)2)22-44-38(53)32-35(40)46-36(41)34(39)45-32;;/h6-7,9-14,27,30-31,33,42,48-51H,3-5,8,15-24H2,1-2H3,(H,43,52)(H,44,53)(H4,40,41,46);2*1H. The molecule has 0 aliphatic carbocycles. The number of nitrogens with two attached hydrogens (primary N) is 2. The number of anilines is 2. The average Bonchev–Trinajstić information content (AvgIpc) is 3.15. The number of nitrogens with zero attached hydrogens (tertiary/aromatic N) is 3. The van der Waals surface area contributed by atoms with E-state index in [0.29, 0.717) is 44.8 Å². The van der Waals surface area contributed by atoms with Crippen LogP contribution in [0.3, 0.4) is 0 Å². The minimum Gasteiger partial charge on any atom is -0.394 e. The molecule has 3 aromatic rings. The van der Waals surface area contributed by atoms with Gasteiger partial charge in [-0.1, -0.05) is 74.2 Å². The largest absolute Gasteiger partial charge is 0.394 e. The zero-order chi connectivity index (χ0) is 38.8. The van der Waals surface area contributed by atoms with E-state index < -0.39 is 30.8 Å². The summed E-state index contributed by atoms with van der Waals surface area (Å²) in [5.74, 6) is -0.776. The van der Waals surface area contributed by atoms with Crippen molar-refractivity contribution in [2.45, 2.75) is 70.7 Å². The van der Waals surface area contributed by atoms with Crippen LogP contribution in [-0.2, 0) is 12.8 Å². The summed E-state index contributed by atoms with van der Waals surface area (Å²) in [4.78, 5) is 35.7. The molecular formula is C38H59Cl3N8O6. The third kappa shape index (κ3) is 17.2. The molecule has 0 aliphatic heterocycles. The maximum Gasteiger partial charge on any atom is 0.273 e. The molecule has 0 aliphatic rings. The van der Waals surface area contributed by atoms with Gasteiger partial charge in [-0.05, 0) is 80.6 Å². The number of halogens is 3. The number of aryl methyl sites for hydroxylation is 1. The Bertz CT molecular complexity index is 1580. The highest BCUT2D eigenvalue weighted by atomic mass is 35.5. The molecule has 2 aromatic carbocycles. The van der Waals surface area contributed by atoms with Crippen molar-refractivity contribution in [3.05, 3.63) is 81.6 Å². The van der Waals surface area contributed by atoms with Crippen molar-refractivity contribution in [3.63, 3.8) is 0 Å². The van der Waals surface area contributed by atoms with Gasteiger partial charge in [0.05, 0.1) is 12.7 Å². The monoisotopic (exact) mass is 828 g/mol. The van der Waals surface area contributed by atoms with Crippen LogP contribution in [0.5, 0.6) is 0 Å². The van der Waals surface area contributed by atoms with Gasteiger partial charge in [-0.15, -0.1) is 24.8 Å². The van der Waals surface area contributed by atoms with Crippen LogP contribution in [0.1, 0.15) is 70.1 Å². The predicted octanol–water partition coefficient (Wildman–Crippen LogP) is 2.55. The van der Waals surface area contributed by atoms with Crippen molar-refractivity contribution in [2.75, 3.05) is 63.9 Å². The van der Waals surface area contributed by atoms with Gasteiger partial charge in [-0.3, -0.25) is 14.5 Å². The zero-order valence-corrected chi connectivity index (χ0v) is 34.0. The third-order valence-corrected chi connectivity index (χ3v) is 9.42. The van der Waals surface area contributed by atoms with E-state index in [9.17, 15) is 24.9 Å². The molecule has 11 N–H and O–H groups in total. The number of aliphatic hydroxyl groups is 4. The second-order valence-electron chi connectivity index (χ2n) is 13.4. The number of aliphatic hydroxyl groups excluding tert-OH is 4. The molecular weight excluding hydrogens is 771 g/mol. The average molecular weight is 830 g/mol. The van der Waals surface area contributed by atoms with Gasteiger partial charge < -0.3 is 47.8 Å². The predicted molar refractivity (Wildman–Crippen MR) is 222 cm³/mol. The molecule has 3 rings (SSSR count). The van der Waals surface area contributed by atoms with E-state index in [4.69, 9.17) is 28.2 Å². The second-order valence-corrected chi connectivity index (χ2v) is 13.8. The van der Waals surface area contributed by atoms with E-state index in [1.54, 1.807) is 12.1 Å². The highest BCUT2D eigenvalue weighted by Gasteiger charge is 2.26. The van der Waals surface area contributed by atoms with Crippen LogP contribution >= 0.6 is 36.4 Å². The summed E-state index contributed by atoms with van der Waals surface area (Å²) < 4.78 is 0. The number of nitrogens with one attached hydrogen (secondary N) is 3. The highest BCUT2D eigenvalue weighted by molar-refractivity contribution is 6.31. The van der Waals surface area contributed by atoms with Crippen molar-refractivity contribution in [2.24, 2.45) is 5.92 Å². The Hall–Kier alpha value is -3.31. The number of aromatic nitrogens is 2. The maximum atomic E-state index is 12.9. The number of benzene rings is 2. The Morgan fingerprint density at radius 1 is 0.855 bits per heavy atom. The number of rotatable bonds is 24. The number of amides is 2. The molecule has 308 valence electrons. The normalized spacial score (nSPS) is 13.2. The molecule has 0 saturated heterocycles. The van der Waals surface area contributed by atoms with Crippen LogP contribution < -0.4 is 27.4 Å². The van der Waals surface area contributed by atoms with Gasteiger partial charge in [-0.25, -0.2) is 9.97 Å². The minimum atomic E-state index is -1.47. The number of unbranched alkanes of at least 4 members (excludes halogenated alkanes) is 3. The van der Waals surface area contributed by atoms with Crippen LogP contribution in [0.15, 0.2) is 48.5 Å². The molecule has 2 amide bonds. The van der Waals surface area contributed by atoms with Gasteiger partial charge in [0.25, 0.3) is 11.8 Å². The molecule has 0 spiro atoms. The fourth-order valence-corrected chi connectivity index (χ4v) is 6.01. The van der Waals surface area contributed by atoms with Crippen molar-refractivity contribution in [3.8, 4) is 0 Å². The molecule has 17 heteroatoms. The first-order valence-electron chi connectivity index (χ1n) is 18.3. The Labute approximate surface area is 341 Å². The lowest BCUT2D eigenvalue weighted by Gasteiger charge is -2.29. The fraction of sp³-hybridized carbons (Fsp3) is 0.526. The summed E-state index contributed by atoms with van der Waals surface area (Å²) in [6.07, 6.45) is 1.44. The highest BCUT2D eigenvalue weighted by Crippen LogP contribution is 2.18. The quantitative estimate of drug-likeness (QED) is 0.0594. The molecule has 14 nitrogen and oxygen atoms in total. The van der Waals surface area contributed by atoms with Crippen molar-refractivity contribution >= 4 is 59.9 Å². The van der Waals surface area contributed by atoms with E-state index in [1.165, 1.54) is 11.1 Å². The minimum absolute atomic E-state index is 0. The first-order chi connectivity index (χ1) is 25.4. The van der Waals surface area contributed by atoms with Gasteiger partial charge in [0.2, 0.25) is 0 Å². The van der Waals surface area contributed by atoms with Crippen LogP contribution in [-0.4, -0.2) is 118 Å². The molecule has 1 heterocycles. The van der Waals surface area contributed by atoms with E-state index >= 15 is 0 Å². The summed E-state index contributed by atoms with van der Waals surface area (Å²) in [5.41, 5.74) is 15.4. The molecule has 4 unspecified atom stereocenters. The molecule has 1 aromatic heterocycles. The lowest BCUT2D eigenvalue weighted by molar-refractivity contribution is -0.0840. The molecule has 0 saturated carbocycles. The number of carbonyl (C=O) groups is 2. The number of hydrogen-bond donors (Lipinski definition) is 9. The first-order valence-corrected chi connectivity index (χ1v) is 18.7. The van der Waals surface area contributed by atoms with Gasteiger partial charge in [0.15, 0.2) is 22.5 Å².